The summed E-state index contributed by atoms with van der Waals surface area (Å²) in [5.74, 6) is 0.546. The van der Waals surface area contributed by atoms with Crippen LogP contribution in [-0.2, 0) is 16.1 Å². The molecule has 2 aromatic heterocycles. The number of aromatic nitrogens is 1. The molecule has 1 fully saturated rings. The molecule has 0 bridgehead atoms. The van der Waals surface area contributed by atoms with Crippen LogP contribution in [0.2, 0.25) is 0 Å². The fourth-order valence-corrected chi connectivity index (χ4v) is 4.23. The van der Waals surface area contributed by atoms with Crippen LogP contribution < -0.4 is 5.32 Å². The van der Waals surface area contributed by atoms with E-state index in [4.69, 9.17) is 9.15 Å². The van der Waals surface area contributed by atoms with Crippen LogP contribution in [0.1, 0.15) is 35.4 Å². The molecule has 7 nitrogen and oxygen atoms in total. The van der Waals surface area contributed by atoms with E-state index in [1.807, 2.05) is 30.9 Å². The monoisotopic (exact) mass is 450 g/mol. The number of nitrogens with one attached hydrogen (secondary N) is 1. The lowest BCUT2D eigenvalue weighted by Crippen LogP contribution is -2.38. The van der Waals surface area contributed by atoms with Crippen LogP contribution in [0.3, 0.4) is 0 Å². The summed E-state index contributed by atoms with van der Waals surface area (Å²) in [6, 6.07) is 11.9. The van der Waals surface area contributed by atoms with Crippen LogP contribution in [0, 0.1) is 31.0 Å². The Kier molecular flexibility index (Phi) is 6.92. The summed E-state index contributed by atoms with van der Waals surface area (Å²) >= 11 is 0. The summed E-state index contributed by atoms with van der Waals surface area (Å²) in [4.78, 5) is 15.1. The maximum absolute atomic E-state index is 13.5. The van der Waals surface area contributed by atoms with Crippen molar-refractivity contribution in [2.24, 2.45) is 0 Å². The Morgan fingerprint density at radius 3 is 2.73 bits per heavy atom. The first kappa shape index (κ1) is 22.8. The molecule has 1 aliphatic heterocycles. The fourth-order valence-electron chi connectivity index (χ4n) is 4.23. The first-order valence-corrected chi connectivity index (χ1v) is 11.0. The van der Waals surface area contributed by atoms with E-state index >= 15 is 0 Å². The third kappa shape index (κ3) is 5.16. The molecule has 4 rings (SSSR count). The van der Waals surface area contributed by atoms with Gasteiger partial charge in [0.25, 0.3) is 0 Å². The Hall–Kier alpha value is -3.41. The van der Waals surface area contributed by atoms with Gasteiger partial charge >= 0.3 is 0 Å². The normalized spacial score (nSPS) is 15.7. The Morgan fingerprint density at radius 2 is 2.09 bits per heavy atom. The average Bonchev–Trinajstić information content (AvgIpc) is 3.53. The second-order valence-corrected chi connectivity index (χ2v) is 8.29. The number of amides is 1. The molecule has 1 saturated heterocycles. The molecule has 0 saturated carbocycles. The number of hydrogen-bond acceptors (Lipinski definition) is 5. The van der Waals surface area contributed by atoms with Gasteiger partial charge in [-0.2, -0.15) is 5.26 Å². The van der Waals surface area contributed by atoms with Crippen molar-refractivity contribution in [2.45, 2.75) is 39.3 Å². The number of ether oxygens (including phenoxy) is 1. The molecule has 1 unspecified atom stereocenters. The predicted molar refractivity (Wildman–Crippen MR) is 122 cm³/mol. The summed E-state index contributed by atoms with van der Waals surface area (Å²) in [7, 11) is 0. The van der Waals surface area contributed by atoms with Gasteiger partial charge in [0.05, 0.1) is 31.0 Å². The molecule has 1 atom stereocenters. The zero-order valence-corrected chi connectivity index (χ0v) is 18.8. The van der Waals surface area contributed by atoms with E-state index in [0.717, 1.165) is 36.5 Å². The largest absolute Gasteiger partial charge is 0.468 e. The molecule has 0 aliphatic carbocycles. The molecular weight excluding hydrogens is 423 g/mol. The van der Waals surface area contributed by atoms with Crippen LogP contribution >= 0.6 is 0 Å². The minimum absolute atomic E-state index is 0.0787. The Balaban J connectivity index is 1.57. The number of hydrogen-bond donors (Lipinski definition) is 1. The molecule has 0 spiro atoms. The topological polar surface area (TPSA) is 83.4 Å². The van der Waals surface area contributed by atoms with Crippen LogP contribution in [0.25, 0.3) is 5.69 Å². The summed E-state index contributed by atoms with van der Waals surface area (Å²) in [5.41, 5.74) is 2.63. The van der Waals surface area contributed by atoms with Crippen LogP contribution in [0.15, 0.2) is 47.1 Å². The number of benzene rings is 1. The van der Waals surface area contributed by atoms with Crippen molar-refractivity contribution < 1.29 is 18.3 Å². The number of anilines is 1. The second kappa shape index (κ2) is 10.0. The van der Waals surface area contributed by atoms with Gasteiger partial charge in [0.15, 0.2) is 0 Å². The lowest BCUT2D eigenvalue weighted by atomic mass is 10.2. The van der Waals surface area contributed by atoms with E-state index in [9.17, 15) is 14.4 Å². The molecule has 1 N–H and O–H groups in total. The van der Waals surface area contributed by atoms with Crippen molar-refractivity contribution in [3.8, 4) is 11.8 Å². The number of halogens is 1. The minimum atomic E-state index is -0.353. The van der Waals surface area contributed by atoms with Crippen molar-refractivity contribution in [1.82, 2.24) is 9.47 Å². The highest BCUT2D eigenvalue weighted by Crippen LogP contribution is 2.30. The summed E-state index contributed by atoms with van der Waals surface area (Å²) in [5, 5.41) is 12.7. The highest BCUT2D eigenvalue weighted by Gasteiger charge is 2.24. The van der Waals surface area contributed by atoms with E-state index < -0.39 is 0 Å². The van der Waals surface area contributed by atoms with Gasteiger partial charge in [-0.05, 0) is 68.7 Å². The number of carbonyl (C=O) groups excluding carboxylic acids is 1. The lowest BCUT2D eigenvalue weighted by molar-refractivity contribution is -0.117. The second-order valence-electron chi connectivity index (χ2n) is 8.29. The molecular formula is C25H27FN4O3. The van der Waals surface area contributed by atoms with E-state index in [0.29, 0.717) is 30.2 Å². The summed E-state index contributed by atoms with van der Waals surface area (Å²) in [6.07, 6.45) is 3.66. The van der Waals surface area contributed by atoms with Crippen molar-refractivity contribution >= 4 is 11.7 Å². The first-order valence-electron chi connectivity index (χ1n) is 11.0. The standard InChI is InChI=1S/C25H27FN4O3/c1-17-18(2)30(20-9-7-19(26)8-10-20)25(23(17)13-27)28-24(31)16-29(14-21-5-3-11-32-21)15-22-6-4-12-33-22/h3,5,7-11,22H,4,6,12,14-16H2,1-2H3,(H,28,31). The van der Waals surface area contributed by atoms with Crippen LogP contribution in [0.5, 0.6) is 0 Å². The number of carbonyl (C=O) groups is 1. The zero-order valence-electron chi connectivity index (χ0n) is 18.8. The fraction of sp³-hybridized carbons (Fsp3) is 0.360. The summed E-state index contributed by atoms with van der Waals surface area (Å²) in [6.45, 7) is 5.64. The Morgan fingerprint density at radius 1 is 1.30 bits per heavy atom. The van der Waals surface area contributed by atoms with E-state index in [-0.39, 0.29) is 24.4 Å². The molecule has 0 radical (unpaired) electrons. The molecule has 1 amide bonds. The Labute approximate surface area is 192 Å². The quantitative estimate of drug-likeness (QED) is 0.553. The average molecular weight is 451 g/mol. The van der Waals surface area contributed by atoms with Gasteiger partial charge in [-0.25, -0.2) is 4.39 Å². The smallest absolute Gasteiger partial charge is 0.239 e. The molecule has 8 heteroatoms. The van der Waals surface area contributed by atoms with Gasteiger partial charge in [0.1, 0.15) is 23.5 Å². The highest BCUT2D eigenvalue weighted by molar-refractivity contribution is 5.93. The third-order valence-electron chi connectivity index (χ3n) is 5.98. The highest BCUT2D eigenvalue weighted by atomic mass is 19.1. The number of nitriles is 1. The van der Waals surface area contributed by atoms with Gasteiger partial charge in [0.2, 0.25) is 5.91 Å². The number of nitrogens with zero attached hydrogens (tertiary/aromatic N) is 3. The number of furan rings is 1. The number of rotatable bonds is 8. The predicted octanol–water partition coefficient (Wildman–Crippen LogP) is 4.32. The van der Waals surface area contributed by atoms with Crippen LogP contribution in [0.4, 0.5) is 10.2 Å². The zero-order chi connectivity index (χ0) is 23.4. The third-order valence-corrected chi connectivity index (χ3v) is 5.98. The van der Waals surface area contributed by atoms with Gasteiger partial charge in [-0.1, -0.05) is 0 Å². The lowest BCUT2D eigenvalue weighted by Gasteiger charge is -2.24. The van der Waals surface area contributed by atoms with Gasteiger partial charge in [-0.3, -0.25) is 14.3 Å². The van der Waals surface area contributed by atoms with E-state index in [1.165, 1.54) is 12.1 Å². The molecule has 172 valence electrons. The molecule has 1 aromatic carbocycles. The molecule has 33 heavy (non-hydrogen) atoms. The molecule has 3 aromatic rings. The van der Waals surface area contributed by atoms with Crippen molar-refractivity contribution in [3.63, 3.8) is 0 Å². The van der Waals surface area contributed by atoms with Gasteiger partial charge < -0.3 is 14.5 Å². The van der Waals surface area contributed by atoms with E-state index in [2.05, 4.69) is 11.4 Å². The summed E-state index contributed by atoms with van der Waals surface area (Å²) < 4.78 is 26.5. The maximum atomic E-state index is 13.5. The van der Waals surface area contributed by atoms with Crippen molar-refractivity contribution in [1.29, 1.82) is 5.26 Å². The molecule has 1 aliphatic rings. The van der Waals surface area contributed by atoms with Crippen molar-refractivity contribution in [3.05, 3.63) is 71.1 Å². The first-order chi connectivity index (χ1) is 16.0. The van der Waals surface area contributed by atoms with Crippen LogP contribution in [-0.4, -0.2) is 41.2 Å². The molecule has 3 heterocycles. The van der Waals surface area contributed by atoms with Gasteiger partial charge in [-0.15, -0.1) is 0 Å². The SMILES string of the molecule is Cc1c(C#N)c(NC(=O)CN(Cc2ccco2)CC2CCCO2)n(-c2ccc(F)cc2)c1C. The van der Waals surface area contributed by atoms with E-state index in [1.54, 1.807) is 23.0 Å². The van der Waals surface area contributed by atoms with Crippen molar-refractivity contribution in [2.75, 3.05) is 25.0 Å². The minimum Gasteiger partial charge on any atom is -0.468 e. The Bertz CT molecular complexity index is 1140. The van der Waals surface area contributed by atoms with Gasteiger partial charge in [0, 0.05) is 24.5 Å². The maximum Gasteiger partial charge on any atom is 0.239 e.